The number of pyridine rings is 1. The Morgan fingerprint density at radius 2 is 1.82 bits per heavy atom. The van der Waals surface area contributed by atoms with Crippen LogP contribution in [0.4, 0.5) is 0 Å². The van der Waals surface area contributed by atoms with Crippen LogP contribution in [0.25, 0.3) is 11.3 Å². The van der Waals surface area contributed by atoms with Crippen LogP contribution in [0.2, 0.25) is 5.71 Å². The molecule has 1 atom stereocenters. The summed E-state index contributed by atoms with van der Waals surface area (Å²) < 4.78 is 6.72. The molecular formula is C16H14AsN3O2. The predicted molar refractivity (Wildman–Crippen MR) is 86.1 cm³/mol. The van der Waals surface area contributed by atoms with Crippen LogP contribution in [-0.2, 0) is 0 Å². The molecule has 2 heterocycles. The molecule has 5 nitrogen and oxygen atoms in total. The third-order valence-electron chi connectivity index (χ3n) is 2.98. The zero-order valence-electron chi connectivity index (χ0n) is 11.9. The Kier molecular flexibility index (Phi) is 4.35. The average molecular weight is 355 g/mol. The van der Waals surface area contributed by atoms with E-state index >= 15 is 0 Å². The average Bonchev–Trinajstić information content (AvgIpc) is 2.57. The first-order chi connectivity index (χ1) is 10.8. The summed E-state index contributed by atoms with van der Waals surface area (Å²) in [5.41, 5.74) is 3.76. The predicted octanol–water partition coefficient (Wildman–Crippen LogP) is 2.15. The summed E-state index contributed by atoms with van der Waals surface area (Å²) in [7, 11) is 0. The number of aromatic nitrogens is 3. The quantitative estimate of drug-likeness (QED) is 0.727. The van der Waals surface area contributed by atoms with E-state index in [-0.39, 0.29) is 21.5 Å². The van der Waals surface area contributed by atoms with Crippen LogP contribution in [0.3, 0.4) is 0 Å². The zero-order chi connectivity index (χ0) is 15.4. The first-order valence-corrected chi connectivity index (χ1v) is 9.84. The number of rotatable bonds is 4. The number of ether oxygens (including phenoxy) is 1. The number of nitrogens with zero attached hydrogens (tertiary/aromatic N) is 3. The molecule has 6 heteroatoms. The number of hydrogen-bond acceptors (Lipinski definition) is 5. The number of aromatic hydroxyl groups is 1. The molecule has 1 unspecified atom stereocenters. The van der Waals surface area contributed by atoms with Crippen molar-refractivity contribution in [3.05, 3.63) is 54.9 Å². The third kappa shape index (κ3) is 3.26. The Bertz CT molecular complexity index is 778. The van der Waals surface area contributed by atoms with Crippen molar-refractivity contribution < 1.29 is 9.84 Å². The molecular weight excluding hydrogens is 341 g/mol. The molecule has 0 spiro atoms. The minimum absolute atomic E-state index is 0.196. The van der Waals surface area contributed by atoms with Crippen LogP contribution in [0.5, 0.6) is 17.4 Å². The molecule has 3 rings (SSSR count). The Hall–Kier alpha value is -2.39. The first-order valence-electron chi connectivity index (χ1n) is 6.69. The van der Waals surface area contributed by atoms with Crippen LogP contribution >= 0.6 is 0 Å². The Morgan fingerprint density at radius 3 is 2.59 bits per heavy atom. The second-order valence-electron chi connectivity index (χ2n) is 4.47. The third-order valence-corrected chi connectivity index (χ3v) is 4.42. The van der Waals surface area contributed by atoms with Gasteiger partial charge in [-0.1, -0.05) is 0 Å². The van der Waals surface area contributed by atoms with Gasteiger partial charge in [-0.05, 0) is 0 Å². The minimum atomic E-state index is -0.301. The molecule has 0 aliphatic carbocycles. The van der Waals surface area contributed by atoms with E-state index in [1.165, 1.54) is 0 Å². The van der Waals surface area contributed by atoms with Crippen molar-refractivity contribution in [3.8, 4) is 28.6 Å². The Morgan fingerprint density at radius 1 is 1.00 bits per heavy atom. The first kappa shape index (κ1) is 14.5. The molecule has 0 bridgehead atoms. The number of benzene rings is 1. The maximum atomic E-state index is 9.33. The molecule has 1 N–H and O–H groups in total. The summed E-state index contributed by atoms with van der Waals surface area (Å²) in [4.78, 5) is 13.1. The molecule has 0 aliphatic rings. The van der Waals surface area contributed by atoms with Gasteiger partial charge in [-0.3, -0.25) is 0 Å². The van der Waals surface area contributed by atoms with E-state index in [4.69, 9.17) is 4.74 Å². The van der Waals surface area contributed by atoms with Crippen molar-refractivity contribution in [3.63, 3.8) is 0 Å². The fourth-order valence-corrected chi connectivity index (χ4v) is 2.84. The summed E-state index contributed by atoms with van der Waals surface area (Å²) in [5, 5.41) is 9.33. The van der Waals surface area contributed by atoms with E-state index < -0.39 is 0 Å². The van der Waals surface area contributed by atoms with Crippen LogP contribution < -0.4 is 9.35 Å². The van der Waals surface area contributed by atoms with Crippen molar-refractivity contribution in [2.75, 3.05) is 0 Å². The van der Waals surface area contributed by atoms with Crippen LogP contribution in [0.1, 0.15) is 0 Å². The van der Waals surface area contributed by atoms with E-state index in [2.05, 4.69) is 20.7 Å². The number of phenols is 1. The van der Waals surface area contributed by atoms with Gasteiger partial charge in [-0.15, -0.1) is 0 Å². The van der Waals surface area contributed by atoms with Gasteiger partial charge in [0.2, 0.25) is 0 Å². The van der Waals surface area contributed by atoms with Gasteiger partial charge in [-0.25, -0.2) is 0 Å². The van der Waals surface area contributed by atoms with E-state index in [1.54, 1.807) is 36.7 Å². The molecule has 0 saturated heterocycles. The van der Waals surface area contributed by atoms with Gasteiger partial charge in [0.25, 0.3) is 0 Å². The second-order valence-corrected chi connectivity index (χ2v) is 6.45. The van der Waals surface area contributed by atoms with Crippen molar-refractivity contribution >= 4 is 20.4 Å². The van der Waals surface area contributed by atoms with Gasteiger partial charge >= 0.3 is 134 Å². The van der Waals surface area contributed by atoms with Crippen molar-refractivity contribution in [2.24, 2.45) is 0 Å². The molecule has 0 fully saturated rings. The van der Waals surface area contributed by atoms with Gasteiger partial charge in [0.1, 0.15) is 0 Å². The van der Waals surface area contributed by atoms with Gasteiger partial charge in [0, 0.05) is 0 Å². The van der Waals surface area contributed by atoms with Crippen molar-refractivity contribution in [1.29, 1.82) is 0 Å². The molecule has 22 heavy (non-hydrogen) atoms. The summed E-state index contributed by atoms with van der Waals surface area (Å²) in [6, 6.07) is 12.2. The normalized spacial score (nSPS) is 11.0. The van der Waals surface area contributed by atoms with Crippen LogP contribution in [-0.4, -0.2) is 35.8 Å². The van der Waals surface area contributed by atoms with E-state index in [0.717, 1.165) is 15.9 Å². The molecule has 110 valence electrons. The maximum absolute atomic E-state index is 9.33. The fraction of sp³-hybridized carbons (Fsp3) is 0.0625. The standard InChI is InChI=1S/C16H14AsN3O2/c1-17-16-19-10-8-14(20-16)13-3-2-9-18-15(13)22-12-6-4-11(21)5-7-12/h2-10,17,21H,1H3. The Balaban J connectivity index is 1.97. The summed E-state index contributed by atoms with van der Waals surface area (Å²) >= 11 is -0.301. The number of phenolic OH excluding ortho intramolecular Hbond substituents is 1. The van der Waals surface area contributed by atoms with Crippen LogP contribution in [0, 0.1) is 0 Å². The summed E-state index contributed by atoms with van der Waals surface area (Å²) in [5.74, 6) is 1.28. The molecule has 0 aliphatic heterocycles. The molecule has 2 aromatic heterocycles. The molecule has 3 aromatic rings. The van der Waals surface area contributed by atoms with E-state index in [1.807, 2.05) is 18.2 Å². The van der Waals surface area contributed by atoms with Gasteiger partial charge in [0.05, 0.1) is 0 Å². The summed E-state index contributed by atoms with van der Waals surface area (Å²) in [6.07, 6.45) is 3.44. The SMILES string of the molecule is C[AsH]c1nccc(-c2cccnc2Oc2ccc(O)cc2)n1. The number of hydrogen-bond donors (Lipinski definition) is 1. The molecule has 0 amide bonds. The fourth-order valence-electron chi connectivity index (χ4n) is 1.92. The van der Waals surface area contributed by atoms with Gasteiger partial charge in [0.15, 0.2) is 0 Å². The molecule has 0 radical (unpaired) electrons. The van der Waals surface area contributed by atoms with Gasteiger partial charge in [-0.2, -0.15) is 0 Å². The Labute approximate surface area is 134 Å². The monoisotopic (exact) mass is 355 g/mol. The zero-order valence-corrected chi connectivity index (χ0v) is 14.0. The van der Waals surface area contributed by atoms with Crippen LogP contribution in [0.15, 0.2) is 54.9 Å². The topological polar surface area (TPSA) is 68.1 Å². The van der Waals surface area contributed by atoms with E-state index in [9.17, 15) is 5.11 Å². The van der Waals surface area contributed by atoms with Crippen molar-refractivity contribution in [1.82, 2.24) is 15.0 Å². The van der Waals surface area contributed by atoms with Gasteiger partial charge < -0.3 is 0 Å². The molecule has 1 aromatic carbocycles. The summed E-state index contributed by atoms with van der Waals surface area (Å²) in [6.45, 7) is 0. The molecule has 0 saturated carbocycles. The van der Waals surface area contributed by atoms with Crippen molar-refractivity contribution in [2.45, 2.75) is 5.71 Å². The van der Waals surface area contributed by atoms with E-state index in [0.29, 0.717) is 11.6 Å². The second kappa shape index (κ2) is 6.58.